The van der Waals surface area contributed by atoms with Crippen LogP contribution in [0.25, 0.3) is 11.2 Å². The van der Waals surface area contributed by atoms with Gasteiger partial charge in [-0.1, -0.05) is 0 Å². The number of amides is 5. The Morgan fingerprint density at radius 3 is 1.94 bits per heavy atom. The van der Waals surface area contributed by atoms with Crippen LogP contribution in [0.5, 0.6) is 0 Å². The highest BCUT2D eigenvalue weighted by Gasteiger charge is 2.33. The van der Waals surface area contributed by atoms with Gasteiger partial charge in [-0.25, -0.2) is 14.8 Å². The van der Waals surface area contributed by atoms with Gasteiger partial charge in [-0.05, 0) is 43.5 Å². The molecule has 0 fully saturated rings. The highest BCUT2D eigenvalue weighted by molar-refractivity contribution is 5.98. The Balaban J connectivity index is 1.66. The number of nitrogens with two attached hydrogens (primary N) is 2. The van der Waals surface area contributed by atoms with Crippen LogP contribution in [0.1, 0.15) is 61.0 Å². The Morgan fingerprint density at radius 1 is 0.758 bits per heavy atom. The van der Waals surface area contributed by atoms with Gasteiger partial charge in [0.05, 0.1) is 43.7 Å². The minimum absolute atomic E-state index is 0.0176. The van der Waals surface area contributed by atoms with Gasteiger partial charge in [0, 0.05) is 24.2 Å². The molecule has 2 heterocycles. The maximum absolute atomic E-state index is 13.4. The van der Waals surface area contributed by atoms with E-state index in [0.717, 1.165) is 0 Å². The first kappa shape index (κ1) is 51.6. The first-order valence-corrected chi connectivity index (χ1v) is 19.4. The van der Waals surface area contributed by atoms with Gasteiger partial charge >= 0.3 is 23.9 Å². The number of carbonyl (C=O) groups is 10. The fourth-order valence-electron chi connectivity index (χ4n) is 5.74. The number of aromatic nitrogens is 4. The molecule has 17 N–H and O–H groups in total. The van der Waals surface area contributed by atoms with E-state index in [4.69, 9.17) is 22.0 Å². The molecule has 0 saturated heterocycles. The van der Waals surface area contributed by atoms with Crippen LogP contribution in [0.3, 0.4) is 0 Å². The lowest BCUT2D eigenvalue weighted by molar-refractivity contribution is -0.142. The van der Waals surface area contributed by atoms with E-state index in [1.807, 2.05) is 5.32 Å². The molecule has 3 aromatic rings. The Morgan fingerprint density at radius 2 is 1.35 bits per heavy atom. The molecule has 29 nitrogen and oxygen atoms in total. The van der Waals surface area contributed by atoms with E-state index in [-0.39, 0.29) is 54.9 Å². The summed E-state index contributed by atoms with van der Waals surface area (Å²) < 4.78 is 0. The average Bonchev–Trinajstić information content (AvgIpc) is 3.23. The van der Waals surface area contributed by atoms with Crippen LogP contribution in [0.4, 0.5) is 11.6 Å². The zero-order chi connectivity index (χ0) is 49.1. The first-order valence-electron chi connectivity index (χ1n) is 19.4. The number of guanidine groups is 1. The topological polar surface area (TPSA) is 483 Å². The maximum atomic E-state index is 13.4. The molecule has 0 saturated carbocycles. The van der Waals surface area contributed by atoms with Gasteiger partial charge in [-0.15, -0.1) is 0 Å². The second kappa shape index (κ2) is 24.7. The molecular formula is C37H46N14O15. The molecule has 5 atom stereocenters. The number of hydrogen-bond donors (Lipinski definition) is 15. The molecule has 0 bridgehead atoms. The van der Waals surface area contributed by atoms with Crippen molar-refractivity contribution in [1.29, 1.82) is 5.41 Å². The minimum atomic E-state index is -1.92. The molecule has 0 aliphatic carbocycles. The fraction of sp³-hybridized carbons (Fsp3) is 0.378. The van der Waals surface area contributed by atoms with Crippen LogP contribution in [-0.2, 0) is 49.7 Å². The molecule has 354 valence electrons. The number of carboxylic acid groups (broad SMARTS) is 4. The Bertz CT molecular complexity index is 2390. The van der Waals surface area contributed by atoms with Crippen molar-refractivity contribution in [2.45, 2.75) is 81.7 Å². The average molecular weight is 927 g/mol. The predicted octanol–water partition coefficient (Wildman–Crippen LogP) is -4.30. The van der Waals surface area contributed by atoms with Crippen LogP contribution >= 0.6 is 0 Å². The highest BCUT2D eigenvalue weighted by Crippen LogP contribution is 2.13. The summed E-state index contributed by atoms with van der Waals surface area (Å²) in [5.41, 5.74) is 11.1. The van der Waals surface area contributed by atoms with Crippen molar-refractivity contribution in [3.05, 3.63) is 52.1 Å². The third kappa shape index (κ3) is 17.2. The van der Waals surface area contributed by atoms with E-state index >= 15 is 0 Å². The molecule has 5 unspecified atom stereocenters. The molecule has 0 spiro atoms. The van der Waals surface area contributed by atoms with Crippen molar-refractivity contribution in [2.24, 2.45) is 5.73 Å². The summed E-state index contributed by atoms with van der Waals surface area (Å²) in [7, 11) is 0. The molecule has 5 amide bonds. The van der Waals surface area contributed by atoms with Gasteiger partial charge in [0.15, 0.2) is 17.1 Å². The molecule has 29 heteroatoms. The van der Waals surface area contributed by atoms with Gasteiger partial charge in [0.2, 0.25) is 29.6 Å². The van der Waals surface area contributed by atoms with Gasteiger partial charge in [-0.2, -0.15) is 4.98 Å². The predicted molar refractivity (Wildman–Crippen MR) is 224 cm³/mol. The number of aromatic amines is 1. The van der Waals surface area contributed by atoms with Crippen LogP contribution in [0, 0.1) is 5.41 Å². The summed E-state index contributed by atoms with van der Waals surface area (Å²) in [6.07, 6.45) is -3.14. The summed E-state index contributed by atoms with van der Waals surface area (Å²) >= 11 is 0. The molecule has 66 heavy (non-hydrogen) atoms. The van der Waals surface area contributed by atoms with Crippen molar-refractivity contribution in [3.8, 4) is 0 Å². The number of hydrogen-bond acceptors (Lipinski definition) is 17. The van der Waals surface area contributed by atoms with E-state index in [9.17, 15) is 68.1 Å². The number of benzene rings is 1. The molecule has 0 radical (unpaired) electrons. The third-order valence-corrected chi connectivity index (χ3v) is 8.92. The summed E-state index contributed by atoms with van der Waals surface area (Å²) in [5, 5.41) is 61.1. The van der Waals surface area contributed by atoms with Crippen molar-refractivity contribution < 1.29 is 68.4 Å². The first-order chi connectivity index (χ1) is 31.1. The summed E-state index contributed by atoms with van der Waals surface area (Å²) in [4.78, 5) is 150. The van der Waals surface area contributed by atoms with Crippen molar-refractivity contribution in [3.63, 3.8) is 0 Å². The monoisotopic (exact) mass is 926 g/mol. The molecule has 2 aromatic heterocycles. The van der Waals surface area contributed by atoms with Gasteiger partial charge in [0.25, 0.3) is 11.5 Å². The van der Waals surface area contributed by atoms with Gasteiger partial charge in [0.1, 0.15) is 30.5 Å². The third-order valence-electron chi connectivity index (χ3n) is 8.92. The number of carboxylic acids is 4. The Kier molecular flexibility index (Phi) is 19.3. The number of carbonyl (C=O) groups excluding carboxylic acids is 6. The standard InChI is InChI=1S/C37H46N14O15/c38-36(39)41-9-1-2-20(31(61)49-23(12-27(58)59)32(62)45-18(15-52)10-25(54)55)47-33(63)22(11-26(56)57)46-24(53)8-7-21(35(65)66)48-30(60)16-3-5-17(6-4-16)42-13-19-14-43-29-28(44-19)34(64)51-37(40)50-29/h3-6,14-15,18,20-23,42H,1-2,7-13H2,(H,45,62)(H,46,53)(H,47,63)(H,48,60)(H,49,61)(H,54,55)(H,56,57)(H,58,59)(H,65,66)(H4,38,39,41)(H3,40,43,50,51,64). The number of anilines is 2. The normalized spacial score (nSPS) is 13.0. The van der Waals surface area contributed by atoms with Crippen molar-refractivity contribution in [1.82, 2.24) is 51.8 Å². The second-order valence-electron chi connectivity index (χ2n) is 14.1. The number of nitrogen functional groups attached to an aromatic ring is 1. The van der Waals surface area contributed by atoms with E-state index < -0.39 is 127 Å². The number of aliphatic carboxylic acids is 4. The van der Waals surface area contributed by atoms with E-state index in [0.29, 0.717) is 11.4 Å². The van der Waals surface area contributed by atoms with Crippen molar-refractivity contribution >= 4 is 88.5 Å². The smallest absolute Gasteiger partial charge is 0.326 e. The molecular weight excluding hydrogens is 880 g/mol. The molecule has 0 aliphatic rings. The number of nitrogens with one attached hydrogen (secondary N) is 9. The SMILES string of the molecule is N=C(N)NCCCC(NC(=O)C(CC(=O)O)NC(=O)CCC(NC(=O)c1ccc(NCc2cnc3nc(N)[nH]c(=O)c3n2)cc1)C(=O)O)C(=O)NC(CC(=O)O)C(=O)NC(C=O)CC(=O)O. The Hall–Kier alpha value is -8.79. The van der Waals surface area contributed by atoms with E-state index in [2.05, 4.69) is 51.8 Å². The second-order valence-corrected chi connectivity index (χ2v) is 14.1. The van der Waals surface area contributed by atoms with E-state index in [1.165, 1.54) is 30.5 Å². The number of H-pyrrole nitrogens is 1. The zero-order valence-corrected chi connectivity index (χ0v) is 34.5. The quantitative estimate of drug-likeness (QED) is 0.0149. The van der Waals surface area contributed by atoms with Crippen LogP contribution in [0.15, 0.2) is 35.3 Å². The maximum Gasteiger partial charge on any atom is 0.326 e. The molecule has 0 aliphatic heterocycles. The lowest BCUT2D eigenvalue weighted by atomic mass is 10.1. The number of fused-ring (bicyclic) bond motifs is 1. The van der Waals surface area contributed by atoms with Gasteiger partial charge < -0.3 is 73.9 Å². The number of aldehydes is 1. The van der Waals surface area contributed by atoms with E-state index in [1.54, 1.807) is 0 Å². The highest BCUT2D eigenvalue weighted by atomic mass is 16.4. The van der Waals surface area contributed by atoms with Crippen LogP contribution < -0.4 is 54.2 Å². The molecule has 1 aromatic carbocycles. The van der Waals surface area contributed by atoms with Crippen LogP contribution in [-0.4, -0.2) is 143 Å². The largest absolute Gasteiger partial charge is 0.481 e. The van der Waals surface area contributed by atoms with Crippen molar-refractivity contribution in [2.75, 3.05) is 17.6 Å². The van der Waals surface area contributed by atoms with Gasteiger partial charge in [-0.3, -0.25) is 53.5 Å². The van der Waals surface area contributed by atoms with Crippen LogP contribution in [0.2, 0.25) is 0 Å². The lowest BCUT2D eigenvalue weighted by Crippen LogP contribution is -2.58. The lowest BCUT2D eigenvalue weighted by Gasteiger charge is -2.25. The Labute approximate surface area is 370 Å². The summed E-state index contributed by atoms with van der Waals surface area (Å²) in [5.74, 6) is -12.5. The fourth-order valence-corrected chi connectivity index (χ4v) is 5.74. The zero-order valence-electron chi connectivity index (χ0n) is 34.5. The summed E-state index contributed by atoms with van der Waals surface area (Å²) in [6.45, 7) is 0.0528. The number of nitrogens with zero attached hydrogens (tertiary/aromatic N) is 3. The minimum Gasteiger partial charge on any atom is -0.481 e. The number of rotatable bonds is 27. The molecule has 3 rings (SSSR count). The summed E-state index contributed by atoms with van der Waals surface area (Å²) in [6, 6.07) is -3.06.